The van der Waals surface area contributed by atoms with E-state index >= 15 is 0 Å². The van der Waals surface area contributed by atoms with Gasteiger partial charge >= 0.3 is 0 Å². The van der Waals surface area contributed by atoms with Gasteiger partial charge in [0.2, 0.25) is 0 Å². The fourth-order valence-corrected chi connectivity index (χ4v) is 2.31. The number of hydrogen-bond donors (Lipinski definition) is 2. The molecular formula is C16H15FN4. The van der Waals surface area contributed by atoms with E-state index in [1.54, 1.807) is 12.4 Å². The Morgan fingerprint density at radius 2 is 1.95 bits per heavy atom. The number of pyridine rings is 1. The molecule has 0 radical (unpaired) electrons. The van der Waals surface area contributed by atoms with E-state index in [0.29, 0.717) is 12.1 Å². The zero-order chi connectivity index (χ0) is 14.7. The number of aromatic amines is 1. The highest BCUT2D eigenvalue weighted by Gasteiger charge is 2.16. The van der Waals surface area contributed by atoms with E-state index in [1.165, 1.54) is 12.3 Å². The molecule has 4 nitrogen and oxygen atoms in total. The molecule has 0 fully saturated rings. The molecule has 1 aromatic carbocycles. The number of halogens is 1. The van der Waals surface area contributed by atoms with Crippen molar-refractivity contribution < 1.29 is 4.39 Å². The molecule has 0 bridgehead atoms. The van der Waals surface area contributed by atoms with Gasteiger partial charge in [-0.1, -0.05) is 30.3 Å². The molecule has 0 aliphatic carbocycles. The molecular weight excluding hydrogens is 267 g/mol. The first kappa shape index (κ1) is 13.5. The summed E-state index contributed by atoms with van der Waals surface area (Å²) < 4.78 is 13.2. The standard InChI is InChI=1S/C16H15FN4/c17-13-6-12(8-19-9-13)15-10-20-16(21-15)14(7-18)11-4-2-1-3-5-11/h1-6,8-10,14H,7,18H2,(H,20,21). The van der Waals surface area contributed by atoms with Crippen molar-refractivity contribution in [2.75, 3.05) is 6.54 Å². The second kappa shape index (κ2) is 5.85. The molecule has 1 atom stereocenters. The van der Waals surface area contributed by atoms with Crippen LogP contribution in [0.5, 0.6) is 0 Å². The molecule has 21 heavy (non-hydrogen) atoms. The van der Waals surface area contributed by atoms with Crippen LogP contribution in [0.2, 0.25) is 0 Å². The summed E-state index contributed by atoms with van der Waals surface area (Å²) >= 11 is 0. The molecule has 0 aliphatic heterocycles. The lowest BCUT2D eigenvalue weighted by Gasteiger charge is -2.12. The molecule has 0 saturated carbocycles. The monoisotopic (exact) mass is 282 g/mol. The Hall–Kier alpha value is -2.53. The first-order chi connectivity index (χ1) is 10.3. The van der Waals surface area contributed by atoms with Crippen LogP contribution in [0.25, 0.3) is 11.3 Å². The van der Waals surface area contributed by atoms with Gasteiger partial charge in [-0.05, 0) is 11.6 Å². The second-order valence-corrected chi connectivity index (χ2v) is 4.77. The first-order valence-electron chi connectivity index (χ1n) is 6.69. The zero-order valence-corrected chi connectivity index (χ0v) is 11.3. The normalized spacial score (nSPS) is 12.3. The molecule has 3 aromatic rings. The number of nitrogens with two attached hydrogens (primary N) is 1. The molecule has 5 heteroatoms. The average molecular weight is 282 g/mol. The first-order valence-corrected chi connectivity index (χ1v) is 6.69. The van der Waals surface area contributed by atoms with Crippen LogP contribution in [0.4, 0.5) is 4.39 Å². The summed E-state index contributed by atoms with van der Waals surface area (Å²) in [6.07, 6.45) is 4.45. The largest absolute Gasteiger partial charge is 0.341 e. The second-order valence-electron chi connectivity index (χ2n) is 4.77. The van der Waals surface area contributed by atoms with E-state index in [-0.39, 0.29) is 11.7 Å². The highest BCUT2D eigenvalue weighted by molar-refractivity contribution is 5.57. The molecule has 0 amide bonds. The minimum atomic E-state index is -0.373. The van der Waals surface area contributed by atoms with Gasteiger partial charge in [-0.2, -0.15) is 0 Å². The Kier molecular flexibility index (Phi) is 3.75. The Balaban J connectivity index is 1.94. The lowest BCUT2D eigenvalue weighted by Crippen LogP contribution is -2.15. The van der Waals surface area contributed by atoms with Crippen LogP contribution in [-0.4, -0.2) is 21.5 Å². The average Bonchev–Trinajstić information content (AvgIpc) is 2.99. The lowest BCUT2D eigenvalue weighted by atomic mass is 9.99. The van der Waals surface area contributed by atoms with Gasteiger partial charge in [-0.3, -0.25) is 4.98 Å². The van der Waals surface area contributed by atoms with Crippen molar-refractivity contribution in [3.63, 3.8) is 0 Å². The van der Waals surface area contributed by atoms with Crippen LogP contribution in [0, 0.1) is 5.82 Å². The number of imidazole rings is 1. The summed E-state index contributed by atoms with van der Waals surface area (Å²) in [5, 5.41) is 0. The summed E-state index contributed by atoms with van der Waals surface area (Å²) in [7, 11) is 0. The van der Waals surface area contributed by atoms with E-state index in [1.807, 2.05) is 30.3 Å². The number of hydrogen-bond acceptors (Lipinski definition) is 3. The number of nitrogens with one attached hydrogen (secondary N) is 1. The van der Waals surface area contributed by atoms with Crippen molar-refractivity contribution >= 4 is 0 Å². The summed E-state index contributed by atoms with van der Waals surface area (Å²) in [5.74, 6) is 0.381. The lowest BCUT2D eigenvalue weighted by molar-refractivity contribution is 0.622. The minimum absolute atomic E-state index is 0.0125. The van der Waals surface area contributed by atoms with E-state index in [9.17, 15) is 4.39 Å². The van der Waals surface area contributed by atoms with Crippen molar-refractivity contribution in [1.82, 2.24) is 15.0 Å². The van der Waals surface area contributed by atoms with Gasteiger partial charge in [0.15, 0.2) is 0 Å². The third-order valence-corrected chi connectivity index (χ3v) is 3.38. The summed E-state index contributed by atoms with van der Waals surface area (Å²) in [6, 6.07) is 11.4. The molecule has 2 aromatic heterocycles. The van der Waals surface area contributed by atoms with Gasteiger partial charge in [-0.15, -0.1) is 0 Å². The van der Waals surface area contributed by atoms with Crippen LogP contribution in [-0.2, 0) is 0 Å². The summed E-state index contributed by atoms with van der Waals surface area (Å²) in [5.41, 5.74) is 8.36. The van der Waals surface area contributed by atoms with Crippen molar-refractivity contribution in [3.8, 4) is 11.3 Å². The minimum Gasteiger partial charge on any atom is -0.341 e. The smallest absolute Gasteiger partial charge is 0.142 e. The molecule has 0 spiro atoms. The molecule has 0 saturated heterocycles. The molecule has 3 rings (SSSR count). The predicted octanol–water partition coefficient (Wildman–Crippen LogP) is 2.70. The van der Waals surface area contributed by atoms with E-state index < -0.39 is 0 Å². The van der Waals surface area contributed by atoms with E-state index in [4.69, 9.17) is 5.73 Å². The number of rotatable bonds is 4. The number of nitrogens with zero attached hydrogens (tertiary/aromatic N) is 2. The van der Waals surface area contributed by atoms with Gasteiger partial charge in [0.25, 0.3) is 0 Å². The third kappa shape index (κ3) is 2.83. The van der Waals surface area contributed by atoms with Crippen LogP contribution in [0.3, 0.4) is 0 Å². The van der Waals surface area contributed by atoms with Crippen molar-refractivity contribution in [1.29, 1.82) is 0 Å². The Bertz CT molecular complexity index is 724. The van der Waals surface area contributed by atoms with Crippen LogP contribution >= 0.6 is 0 Å². The zero-order valence-electron chi connectivity index (χ0n) is 11.3. The number of benzene rings is 1. The third-order valence-electron chi connectivity index (χ3n) is 3.38. The van der Waals surface area contributed by atoms with Gasteiger partial charge in [-0.25, -0.2) is 9.37 Å². The van der Waals surface area contributed by atoms with Crippen molar-refractivity contribution in [2.45, 2.75) is 5.92 Å². The molecule has 0 aliphatic rings. The van der Waals surface area contributed by atoms with E-state index in [0.717, 1.165) is 17.1 Å². The quantitative estimate of drug-likeness (QED) is 0.773. The highest BCUT2D eigenvalue weighted by atomic mass is 19.1. The van der Waals surface area contributed by atoms with Gasteiger partial charge in [0.1, 0.15) is 11.6 Å². The number of H-pyrrole nitrogens is 1. The Labute approximate surface area is 121 Å². The van der Waals surface area contributed by atoms with Gasteiger partial charge in [0, 0.05) is 18.3 Å². The maximum absolute atomic E-state index is 13.2. The van der Waals surface area contributed by atoms with Crippen molar-refractivity contribution in [3.05, 3.63) is 72.2 Å². The fraction of sp³-hybridized carbons (Fsp3) is 0.125. The Morgan fingerprint density at radius 3 is 2.67 bits per heavy atom. The molecule has 3 N–H and O–H groups in total. The van der Waals surface area contributed by atoms with Crippen LogP contribution in [0.15, 0.2) is 55.0 Å². The van der Waals surface area contributed by atoms with Crippen molar-refractivity contribution in [2.24, 2.45) is 5.73 Å². The molecule has 1 unspecified atom stereocenters. The predicted molar refractivity (Wildman–Crippen MR) is 79.1 cm³/mol. The number of aromatic nitrogens is 3. The maximum atomic E-state index is 13.2. The van der Waals surface area contributed by atoms with E-state index in [2.05, 4.69) is 15.0 Å². The molecule has 2 heterocycles. The van der Waals surface area contributed by atoms with Crippen LogP contribution < -0.4 is 5.73 Å². The topological polar surface area (TPSA) is 67.6 Å². The molecule has 106 valence electrons. The SMILES string of the molecule is NCC(c1ccccc1)c1ncc(-c2cncc(F)c2)[nH]1. The highest BCUT2D eigenvalue weighted by Crippen LogP contribution is 2.24. The summed E-state index contributed by atoms with van der Waals surface area (Å²) in [6.45, 7) is 0.443. The van der Waals surface area contributed by atoms with Gasteiger partial charge < -0.3 is 10.7 Å². The van der Waals surface area contributed by atoms with Gasteiger partial charge in [0.05, 0.1) is 24.0 Å². The maximum Gasteiger partial charge on any atom is 0.142 e. The van der Waals surface area contributed by atoms with Crippen LogP contribution in [0.1, 0.15) is 17.3 Å². The Morgan fingerprint density at radius 1 is 1.14 bits per heavy atom. The summed E-state index contributed by atoms with van der Waals surface area (Å²) in [4.78, 5) is 11.4. The fourth-order valence-electron chi connectivity index (χ4n) is 2.31.